The number of carbonyl (C=O) groups excluding carboxylic acids is 2. The van der Waals surface area contributed by atoms with Crippen molar-refractivity contribution in [1.82, 2.24) is 9.88 Å². The summed E-state index contributed by atoms with van der Waals surface area (Å²) in [4.78, 5) is 23.1. The zero-order chi connectivity index (χ0) is 13.6. The highest BCUT2D eigenvalue weighted by Gasteiger charge is 2.26. The lowest BCUT2D eigenvalue weighted by Gasteiger charge is -1.95. The first kappa shape index (κ1) is 12.3. The molecule has 0 unspecified atom stereocenters. The van der Waals surface area contributed by atoms with E-state index in [9.17, 15) is 9.59 Å². The van der Waals surface area contributed by atoms with Crippen LogP contribution in [0.4, 0.5) is 4.79 Å². The Hall–Kier alpha value is -1.72. The van der Waals surface area contributed by atoms with Crippen molar-refractivity contribution in [2.75, 3.05) is 0 Å². The van der Waals surface area contributed by atoms with Crippen LogP contribution in [0.25, 0.3) is 17.0 Å². The number of rotatable bonds is 1. The molecule has 3 rings (SSSR count). The quantitative estimate of drug-likeness (QED) is 0.822. The highest BCUT2D eigenvalue weighted by Crippen LogP contribution is 2.34. The Bertz CT molecular complexity index is 748. The maximum atomic E-state index is 11.6. The van der Waals surface area contributed by atoms with Crippen LogP contribution in [0.2, 0.25) is 5.15 Å². The molecule has 1 fully saturated rings. The van der Waals surface area contributed by atoms with Crippen molar-refractivity contribution in [2.24, 2.45) is 7.05 Å². The van der Waals surface area contributed by atoms with Crippen molar-refractivity contribution in [3.05, 3.63) is 39.9 Å². The summed E-state index contributed by atoms with van der Waals surface area (Å²) in [5, 5.41) is 3.37. The van der Waals surface area contributed by atoms with Gasteiger partial charge in [0.15, 0.2) is 0 Å². The molecular formula is C13H9ClN2O2S. The van der Waals surface area contributed by atoms with Crippen molar-refractivity contribution in [3.63, 3.8) is 0 Å². The minimum atomic E-state index is -0.376. The van der Waals surface area contributed by atoms with E-state index in [-0.39, 0.29) is 11.1 Å². The zero-order valence-electron chi connectivity index (χ0n) is 9.94. The van der Waals surface area contributed by atoms with Crippen LogP contribution in [-0.4, -0.2) is 15.7 Å². The third-order valence-corrected chi connectivity index (χ3v) is 4.26. The summed E-state index contributed by atoms with van der Waals surface area (Å²) in [5.41, 5.74) is 1.74. The lowest BCUT2D eigenvalue weighted by atomic mass is 10.1. The molecule has 0 saturated carbocycles. The number of aromatic nitrogens is 1. The van der Waals surface area contributed by atoms with Gasteiger partial charge in [-0.2, -0.15) is 0 Å². The van der Waals surface area contributed by atoms with Gasteiger partial charge in [0.25, 0.3) is 11.1 Å². The molecule has 0 aliphatic carbocycles. The van der Waals surface area contributed by atoms with E-state index in [1.165, 1.54) is 0 Å². The summed E-state index contributed by atoms with van der Waals surface area (Å²) in [6.07, 6.45) is 1.66. The van der Waals surface area contributed by atoms with Crippen LogP contribution in [0.1, 0.15) is 5.56 Å². The second-order valence-corrected chi connectivity index (χ2v) is 5.51. The Labute approximate surface area is 118 Å². The van der Waals surface area contributed by atoms with Gasteiger partial charge < -0.3 is 4.57 Å². The number of imide groups is 1. The topological polar surface area (TPSA) is 51.1 Å². The van der Waals surface area contributed by atoms with Gasteiger partial charge >= 0.3 is 0 Å². The smallest absolute Gasteiger partial charge is 0.290 e. The normalized spacial score (nSPS) is 17.5. The molecule has 1 aliphatic rings. The van der Waals surface area contributed by atoms with E-state index in [0.29, 0.717) is 10.1 Å². The number of nitrogens with one attached hydrogen (secondary N) is 1. The number of benzene rings is 1. The standard InChI is InChI=1S/C13H9ClN2O2S/c1-16-9-5-3-2-4-7(9)8(11(16)14)6-10-12(17)15-13(18)19-10/h2-6H,1H3,(H,15,17,18)/b10-6-. The van der Waals surface area contributed by atoms with Crippen LogP contribution in [0, 0.1) is 0 Å². The van der Waals surface area contributed by atoms with E-state index in [1.807, 2.05) is 35.9 Å². The third-order valence-electron chi connectivity index (χ3n) is 2.99. The SMILES string of the molecule is Cn1c(Cl)c(/C=C2\SC(=O)NC2=O)c2ccccc21. The lowest BCUT2D eigenvalue weighted by Crippen LogP contribution is -2.17. The maximum Gasteiger partial charge on any atom is 0.290 e. The van der Waals surface area contributed by atoms with E-state index < -0.39 is 0 Å². The maximum absolute atomic E-state index is 11.6. The fourth-order valence-corrected chi connectivity index (χ4v) is 2.99. The van der Waals surface area contributed by atoms with Crippen molar-refractivity contribution in [2.45, 2.75) is 0 Å². The predicted octanol–water partition coefficient (Wildman–Crippen LogP) is 3.16. The molecule has 0 spiro atoms. The fraction of sp³-hybridized carbons (Fsp3) is 0.0769. The first-order valence-electron chi connectivity index (χ1n) is 5.55. The van der Waals surface area contributed by atoms with Crippen molar-refractivity contribution < 1.29 is 9.59 Å². The number of halogens is 1. The number of amides is 2. The number of nitrogens with zero attached hydrogens (tertiary/aromatic N) is 1. The van der Waals surface area contributed by atoms with E-state index in [2.05, 4.69) is 5.32 Å². The molecule has 2 amide bonds. The molecule has 19 heavy (non-hydrogen) atoms. The van der Waals surface area contributed by atoms with Gasteiger partial charge in [0.1, 0.15) is 5.15 Å². The molecule has 2 aromatic rings. The summed E-state index contributed by atoms with van der Waals surface area (Å²) in [5.74, 6) is -0.376. The summed E-state index contributed by atoms with van der Waals surface area (Å²) < 4.78 is 1.85. The lowest BCUT2D eigenvalue weighted by molar-refractivity contribution is -0.115. The van der Waals surface area contributed by atoms with Gasteiger partial charge in [-0.3, -0.25) is 14.9 Å². The first-order valence-corrected chi connectivity index (χ1v) is 6.75. The summed E-state index contributed by atoms with van der Waals surface area (Å²) in [6.45, 7) is 0. The van der Waals surface area contributed by atoms with Gasteiger partial charge in [-0.25, -0.2) is 0 Å². The second-order valence-electron chi connectivity index (χ2n) is 4.13. The van der Waals surface area contributed by atoms with Crippen LogP contribution < -0.4 is 5.32 Å². The summed E-state index contributed by atoms with van der Waals surface area (Å²) >= 11 is 7.18. The molecule has 2 heterocycles. The van der Waals surface area contributed by atoms with Crippen LogP contribution in [-0.2, 0) is 11.8 Å². The number of hydrogen-bond acceptors (Lipinski definition) is 3. The third kappa shape index (κ3) is 1.95. The Morgan fingerprint density at radius 1 is 1.32 bits per heavy atom. The Kier molecular flexibility index (Phi) is 2.88. The Morgan fingerprint density at radius 2 is 2.05 bits per heavy atom. The summed E-state index contributed by atoms with van der Waals surface area (Å²) in [6, 6.07) is 7.73. The minimum absolute atomic E-state index is 0.354. The second kappa shape index (κ2) is 4.43. The molecule has 1 N–H and O–H groups in total. The average Bonchev–Trinajstić information content (AvgIpc) is 2.83. The Balaban J connectivity index is 2.21. The molecule has 1 aliphatic heterocycles. The number of thioether (sulfide) groups is 1. The molecule has 1 aromatic heterocycles. The molecular weight excluding hydrogens is 284 g/mol. The van der Waals surface area contributed by atoms with Gasteiger partial charge in [0.05, 0.1) is 4.91 Å². The van der Waals surface area contributed by atoms with Crippen molar-refractivity contribution in [3.8, 4) is 0 Å². The number of para-hydroxylation sites is 1. The molecule has 4 nitrogen and oxygen atoms in total. The first-order chi connectivity index (χ1) is 9.08. The van der Waals surface area contributed by atoms with Gasteiger partial charge in [-0.05, 0) is 23.9 Å². The highest BCUT2D eigenvalue weighted by atomic mass is 35.5. The molecule has 0 atom stereocenters. The molecule has 96 valence electrons. The number of carbonyl (C=O) groups is 2. The number of fused-ring (bicyclic) bond motifs is 1. The van der Waals surface area contributed by atoms with Crippen molar-refractivity contribution in [1.29, 1.82) is 0 Å². The van der Waals surface area contributed by atoms with Gasteiger partial charge in [-0.15, -0.1) is 0 Å². The summed E-state index contributed by atoms with van der Waals surface area (Å²) in [7, 11) is 1.86. The monoisotopic (exact) mass is 292 g/mol. The zero-order valence-corrected chi connectivity index (χ0v) is 11.5. The Morgan fingerprint density at radius 3 is 2.74 bits per heavy atom. The number of aryl methyl sites for hydroxylation is 1. The molecule has 6 heteroatoms. The van der Waals surface area contributed by atoms with Gasteiger partial charge in [0, 0.05) is 23.5 Å². The van der Waals surface area contributed by atoms with Crippen molar-refractivity contribution >= 4 is 51.5 Å². The van der Waals surface area contributed by atoms with Gasteiger partial charge in [0.2, 0.25) is 0 Å². The van der Waals surface area contributed by atoms with E-state index in [1.54, 1.807) is 6.08 Å². The largest absolute Gasteiger partial charge is 0.334 e. The van der Waals surface area contributed by atoms with Crippen LogP contribution >= 0.6 is 23.4 Å². The van der Waals surface area contributed by atoms with Gasteiger partial charge in [-0.1, -0.05) is 29.8 Å². The number of hydrogen-bond donors (Lipinski definition) is 1. The molecule has 0 radical (unpaired) electrons. The van der Waals surface area contributed by atoms with E-state index >= 15 is 0 Å². The predicted molar refractivity (Wildman–Crippen MR) is 77.0 cm³/mol. The van der Waals surface area contributed by atoms with Crippen LogP contribution in [0.15, 0.2) is 29.2 Å². The average molecular weight is 293 g/mol. The van der Waals surface area contributed by atoms with E-state index in [4.69, 9.17) is 11.6 Å². The molecule has 0 bridgehead atoms. The van der Waals surface area contributed by atoms with Crippen LogP contribution in [0.3, 0.4) is 0 Å². The molecule has 1 saturated heterocycles. The van der Waals surface area contributed by atoms with E-state index in [0.717, 1.165) is 28.2 Å². The highest BCUT2D eigenvalue weighted by molar-refractivity contribution is 8.18. The molecule has 1 aromatic carbocycles. The fourth-order valence-electron chi connectivity index (χ4n) is 2.08. The minimum Gasteiger partial charge on any atom is -0.334 e. The van der Waals surface area contributed by atoms with Crippen LogP contribution in [0.5, 0.6) is 0 Å².